The largest absolute Gasteiger partial charge is 0.481 e. The lowest BCUT2D eigenvalue weighted by Gasteiger charge is -2.40. The Kier molecular flexibility index (Phi) is 8.93. The molecule has 0 radical (unpaired) electrons. The van der Waals surface area contributed by atoms with Gasteiger partial charge in [-0.2, -0.15) is 13.2 Å². The number of halogens is 4. The molecule has 1 fully saturated rings. The minimum Gasteiger partial charge on any atom is -0.481 e. The van der Waals surface area contributed by atoms with Crippen LogP contribution in [0.25, 0.3) is 0 Å². The fourth-order valence-electron chi connectivity index (χ4n) is 4.88. The Balaban J connectivity index is 1.84. The van der Waals surface area contributed by atoms with Crippen LogP contribution < -0.4 is 5.32 Å². The highest BCUT2D eigenvalue weighted by molar-refractivity contribution is 6.33. The number of aromatic nitrogens is 3. The molecule has 1 aliphatic carbocycles. The minimum absolute atomic E-state index is 0.117. The lowest BCUT2D eigenvalue weighted by molar-refractivity contribution is -0.147. The van der Waals surface area contributed by atoms with Gasteiger partial charge in [0.2, 0.25) is 5.91 Å². The van der Waals surface area contributed by atoms with Crippen molar-refractivity contribution in [3.8, 4) is 0 Å². The molecule has 1 aromatic carbocycles. The molecule has 1 aliphatic rings. The van der Waals surface area contributed by atoms with E-state index in [1.54, 1.807) is 18.2 Å². The number of carboxylic acid groups (broad SMARTS) is 1. The van der Waals surface area contributed by atoms with Crippen LogP contribution >= 0.6 is 11.6 Å². The van der Waals surface area contributed by atoms with Gasteiger partial charge in [0, 0.05) is 18.8 Å². The van der Waals surface area contributed by atoms with Gasteiger partial charge in [0.05, 0.1) is 22.4 Å². The van der Waals surface area contributed by atoms with Crippen LogP contribution in [0, 0.1) is 18.3 Å². The van der Waals surface area contributed by atoms with E-state index < -0.39 is 54.2 Å². The van der Waals surface area contributed by atoms with Gasteiger partial charge in [0.15, 0.2) is 5.69 Å². The summed E-state index contributed by atoms with van der Waals surface area (Å²) in [6.07, 6.45) is -2.71. The predicted octanol–water partition coefficient (Wildman–Crippen LogP) is 7.01. The third kappa shape index (κ3) is 7.46. The summed E-state index contributed by atoms with van der Waals surface area (Å²) in [7, 11) is 0. The molecular formula is C26H34ClF3N4O3. The molecule has 1 heterocycles. The maximum absolute atomic E-state index is 14.3. The van der Waals surface area contributed by atoms with Crippen molar-refractivity contribution in [2.75, 3.05) is 5.32 Å². The van der Waals surface area contributed by atoms with E-state index in [0.717, 1.165) is 23.1 Å². The van der Waals surface area contributed by atoms with Crippen LogP contribution in [0.4, 0.5) is 18.9 Å². The van der Waals surface area contributed by atoms with Gasteiger partial charge >= 0.3 is 12.1 Å². The Hall–Kier alpha value is -2.62. The van der Waals surface area contributed by atoms with Crippen LogP contribution in [-0.2, 0) is 15.8 Å². The first-order chi connectivity index (χ1) is 17.2. The molecule has 11 heteroatoms. The first-order valence-electron chi connectivity index (χ1n) is 12.5. The van der Waals surface area contributed by atoms with Crippen LogP contribution in [0.3, 0.4) is 0 Å². The van der Waals surface area contributed by atoms with Gasteiger partial charge in [-0.3, -0.25) is 9.59 Å². The summed E-state index contributed by atoms with van der Waals surface area (Å²) >= 11 is 6.17. The number of hydrogen-bond donors (Lipinski definition) is 2. The minimum atomic E-state index is -4.76. The van der Waals surface area contributed by atoms with Crippen LogP contribution in [0.15, 0.2) is 18.2 Å². The Morgan fingerprint density at radius 3 is 2.51 bits per heavy atom. The van der Waals surface area contributed by atoms with E-state index in [4.69, 9.17) is 11.6 Å². The van der Waals surface area contributed by atoms with Gasteiger partial charge in [0.25, 0.3) is 0 Å². The molecule has 3 rings (SSSR count). The quantitative estimate of drug-likeness (QED) is 0.318. The average molecular weight is 543 g/mol. The zero-order valence-corrected chi connectivity index (χ0v) is 22.3. The lowest BCUT2D eigenvalue weighted by Crippen LogP contribution is -2.33. The highest BCUT2D eigenvalue weighted by Crippen LogP contribution is 2.47. The van der Waals surface area contributed by atoms with Gasteiger partial charge in [0.1, 0.15) is 0 Å². The summed E-state index contributed by atoms with van der Waals surface area (Å²) in [6.45, 7) is 8.23. The van der Waals surface area contributed by atoms with Gasteiger partial charge in [-0.15, -0.1) is 5.10 Å². The Labute approximate surface area is 219 Å². The number of carbonyl (C=O) groups is 2. The number of rotatable bonds is 11. The van der Waals surface area contributed by atoms with Crippen LogP contribution in [-0.4, -0.2) is 32.0 Å². The Bertz CT molecular complexity index is 1130. The van der Waals surface area contributed by atoms with E-state index in [-0.39, 0.29) is 11.8 Å². The standard InChI is InChI=1S/C26H34ClF3N4O3/c1-5-25(3,4)14-16-11-18(12-16)34-24(26(28,29)30)23(32-33-34)17(7-9-22(36)37)13-21(35)31-20-8-6-15(2)10-19(20)27/h6,8,10,16-18H,5,7,9,11-14H2,1-4H3,(H,31,35)(H,36,37). The van der Waals surface area contributed by atoms with Crippen molar-refractivity contribution in [1.82, 2.24) is 15.0 Å². The van der Waals surface area contributed by atoms with Crippen LogP contribution in [0.2, 0.25) is 5.02 Å². The molecule has 2 N–H and O–H groups in total. The lowest BCUT2D eigenvalue weighted by atomic mass is 9.70. The maximum Gasteiger partial charge on any atom is 0.434 e. The third-order valence-electron chi connectivity index (χ3n) is 7.27. The van der Waals surface area contributed by atoms with Gasteiger partial charge in [-0.1, -0.05) is 50.1 Å². The molecule has 1 amide bonds. The number of carbonyl (C=O) groups excluding carboxylic acids is 1. The van der Waals surface area contributed by atoms with Crippen molar-refractivity contribution in [3.05, 3.63) is 40.2 Å². The normalized spacial score (nSPS) is 18.8. The van der Waals surface area contributed by atoms with Crippen LogP contribution in [0.5, 0.6) is 0 Å². The maximum atomic E-state index is 14.3. The number of hydrogen-bond acceptors (Lipinski definition) is 4. The first kappa shape index (κ1) is 28.9. The average Bonchev–Trinajstić information content (AvgIpc) is 3.20. The molecule has 2 aromatic rings. The smallest absolute Gasteiger partial charge is 0.434 e. The van der Waals surface area contributed by atoms with Gasteiger partial charge in [-0.25, -0.2) is 4.68 Å². The van der Waals surface area contributed by atoms with E-state index in [1.807, 2.05) is 6.92 Å². The second kappa shape index (κ2) is 11.4. The summed E-state index contributed by atoms with van der Waals surface area (Å²) in [5, 5.41) is 19.8. The summed E-state index contributed by atoms with van der Waals surface area (Å²) in [5.41, 5.74) is -0.0701. The second-order valence-corrected chi connectivity index (χ2v) is 11.3. The number of nitrogens with zero attached hydrogens (tertiary/aromatic N) is 3. The highest BCUT2D eigenvalue weighted by Gasteiger charge is 2.45. The van der Waals surface area contributed by atoms with Crippen molar-refractivity contribution >= 4 is 29.2 Å². The molecule has 1 aromatic heterocycles. The van der Waals surface area contributed by atoms with Crippen molar-refractivity contribution in [2.45, 2.75) is 90.8 Å². The Morgan fingerprint density at radius 1 is 1.27 bits per heavy atom. The Morgan fingerprint density at radius 2 is 1.95 bits per heavy atom. The molecule has 1 saturated carbocycles. The van der Waals surface area contributed by atoms with E-state index >= 15 is 0 Å². The number of nitrogens with one attached hydrogen (secondary N) is 1. The molecule has 0 spiro atoms. The number of anilines is 1. The molecule has 37 heavy (non-hydrogen) atoms. The number of amides is 1. The summed E-state index contributed by atoms with van der Waals surface area (Å²) in [4.78, 5) is 24.0. The molecule has 0 bridgehead atoms. The second-order valence-electron chi connectivity index (χ2n) is 10.8. The first-order valence-corrected chi connectivity index (χ1v) is 12.9. The van der Waals surface area contributed by atoms with Gasteiger partial charge < -0.3 is 10.4 Å². The van der Waals surface area contributed by atoms with E-state index in [9.17, 15) is 27.9 Å². The van der Waals surface area contributed by atoms with Crippen molar-refractivity contribution in [2.24, 2.45) is 11.3 Å². The highest BCUT2D eigenvalue weighted by atomic mass is 35.5. The van der Waals surface area contributed by atoms with Gasteiger partial charge in [-0.05, 0) is 61.6 Å². The molecule has 1 atom stereocenters. The van der Waals surface area contributed by atoms with E-state index in [1.165, 1.54) is 0 Å². The SMILES string of the molecule is CCC(C)(C)CC1CC(n2nnc(C(CCC(=O)O)CC(=O)Nc3ccc(C)cc3Cl)c2C(F)(F)F)C1. The molecule has 204 valence electrons. The number of aliphatic carboxylic acids is 1. The molecule has 7 nitrogen and oxygen atoms in total. The molecular weight excluding hydrogens is 509 g/mol. The molecule has 0 saturated heterocycles. The fraction of sp³-hybridized carbons (Fsp3) is 0.615. The fourth-order valence-corrected chi connectivity index (χ4v) is 5.17. The number of alkyl halides is 3. The zero-order valence-electron chi connectivity index (χ0n) is 21.5. The van der Waals surface area contributed by atoms with Crippen molar-refractivity contribution in [3.63, 3.8) is 0 Å². The number of aryl methyl sites for hydroxylation is 1. The number of benzene rings is 1. The molecule has 0 aliphatic heterocycles. The van der Waals surface area contributed by atoms with E-state index in [2.05, 4.69) is 36.4 Å². The predicted molar refractivity (Wildman–Crippen MR) is 135 cm³/mol. The topological polar surface area (TPSA) is 97.1 Å². The molecule has 1 unspecified atom stereocenters. The summed E-state index contributed by atoms with van der Waals surface area (Å²) < 4.78 is 43.8. The van der Waals surface area contributed by atoms with Crippen molar-refractivity contribution in [1.29, 1.82) is 0 Å². The number of carboxylic acids is 1. The monoisotopic (exact) mass is 542 g/mol. The van der Waals surface area contributed by atoms with Crippen LogP contribution in [0.1, 0.15) is 94.6 Å². The van der Waals surface area contributed by atoms with Crippen molar-refractivity contribution < 1.29 is 27.9 Å². The summed E-state index contributed by atoms with van der Waals surface area (Å²) in [5.74, 6) is -2.54. The third-order valence-corrected chi connectivity index (χ3v) is 7.58. The zero-order chi connectivity index (χ0) is 27.5. The summed E-state index contributed by atoms with van der Waals surface area (Å²) in [6, 6.07) is 4.56. The van der Waals surface area contributed by atoms with E-state index in [0.29, 0.717) is 29.5 Å².